The Kier molecular flexibility index (Phi) is 8.41. The molecule has 0 bridgehead atoms. The summed E-state index contributed by atoms with van der Waals surface area (Å²) in [5.41, 5.74) is 2.50. The molecule has 1 aromatic heterocycles. The van der Waals surface area contributed by atoms with E-state index in [1.54, 1.807) is 0 Å². The first kappa shape index (κ1) is 20.7. The minimum Gasteiger partial charge on any atom is -0.357 e. The first-order valence-corrected chi connectivity index (χ1v) is 9.33. The van der Waals surface area contributed by atoms with Crippen molar-refractivity contribution in [2.45, 2.75) is 39.8 Å². The quantitative estimate of drug-likeness (QED) is 0.414. The molecule has 0 amide bonds. The van der Waals surface area contributed by atoms with Crippen LogP contribution in [0.25, 0.3) is 0 Å². The van der Waals surface area contributed by atoms with Gasteiger partial charge in [-0.15, -0.1) is 24.0 Å². The molecule has 3 rings (SSSR count). The van der Waals surface area contributed by atoms with E-state index in [2.05, 4.69) is 53.4 Å². The number of aliphatic imine (C=N–C) groups is 1. The highest BCUT2D eigenvalue weighted by Crippen LogP contribution is 2.16. The maximum absolute atomic E-state index is 4.89. The van der Waals surface area contributed by atoms with Crippen LogP contribution in [0.15, 0.2) is 47.7 Å². The van der Waals surface area contributed by atoms with Gasteiger partial charge in [0.1, 0.15) is 0 Å². The molecule has 0 radical (unpaired) electrons. The van der Waals surface area contributed by atoms with Crippen molar-refractivity contribution in [3.63, 3.8) is 0 Å². The van der Waals surface area contributed by atoms with E-state index in [-0.39, 0.29) is 24.0 Å². The summed E-state index contributed by atoms with van der Waals surface area (Å²) >= 11 is 0. The third-order valence-electron chi connectivity index (χ3n) is 4.60. The highest BCUT2D eigenvalue weighted by atomic mass is 127. The maximum Gasteiger partial charge on any atom is 0.194 e. The number of piperidine rings is 1. The standard InChI is InChI=1S/C20H29N5.HI/c1-3-21-20(24-11-5-7-17(2)15-24)22-14-18-8-4-9-19(13-18)16-25-12-6-10-23-25;/h4,6,8-10,12-13,17H,3,5,7,11,14-16H2,1-2H3,(H,21,22);1H. The molecule has 0 saturated carbocycles. The van der Waals surface area contributed by atoms with Gasteiger partial charge >= 0.3 is 0 Å². The van der Waals surface area contributed by atoms with Crippen molar-refractivity contribution in [2.24, 2.45) is 10.9 Å². The molecule has 0 spiro atoms. The van der Waals surface area contributed by atoms with Crippen LogP contribution < -0.4 is 5.32 Å². The summed E-state index contributed by atoms with van der Waals surface area (Å²) in [6.45, 7) is 9.08. The average molecular weight is 467 g/mol. The zero-order valence-electron chi connectivity index (χ0n) is 15.8. The van der Waals surface area contributed by atoms with Gasteiger partial charge < -0.3 is 10.2 Å². The SMILES string of the molecule is CCNC(=NCc1cccc(Cn2cccn2)c1)N1CCCC(C)C1.I. The van der Waals surface area contributed by atoms with Gasteiger partial charge in [-0.05, 0) is 42.9 Å². The number of aromatic nitrogens is 2. The lowest BCUT2D eigenvalue weighted by Gasteiger charge is -2.33. The van der Waals surface area contributed by atoms with Crippen LogP contribution >= 0.6 is 24.0 Å². The average Bonchev–Trinajstić information content (AvgIpc) is 3.12. The van der Waals surface area contributed by atoms with Gasteiger partial charge in [-0.3, -0.25) is 4.68 Å². The third-order valence-corrected chi connectivity index (χ3v) is 4.60. The summed E-state index contributed by atoms with van der Waals surface area (Å²) in [6, 6.07) is 10.6. The lowest BCUT2D eigenvalue weighted by Crippen LogP contribution is -2.46. The molecule has 142 valence electrons. The minimum absolute atomic E-state index is 0. The second kappa shape index (κ2) is 10.5. The fourth-order valence-electron chi connectivity index (χ4n) is 3.38. The van der Waals surface area contributed by atoms with Gasteiger partial charge in [0.2, 0.25) is 0 Å². The van der Waals surface area contributed by atoms with Crippen LogP contribution in [0.5, 0.6) is 0 Å². The number of nitrogens with one attached hydrogen (secondary N) is 1. The van der Waals surface area contributed by atoms with Crippen LogP contribution in [-0.2, 0) is 13.1 Å². The molecule has 2 aromatic rings. The van der Waals surface area contributed by atoms with Gasteiger partial charge in [0.25, 0.3) is 0 Å². The van der Waals surface area contributed by atoms with Gasteiger partial charge in [0.15, 0.2) is 5.96 Å². The van der Waals surface area contributed by atoms with Crippen molar-refractivity contribution in [3.8, 4) is 0 Å². The summed E-state index contributed by atoms with van der Waals surface area (Å²) in [5.74, 6) is 1.79. The Morgan fingerprint density at radius 3 is 2.88 bits per heavy atom. The molecule has 26 heavy (non-hydrogen) atoms. The van der Waals surface area contributed by atoms with E-state index in [1.807, 2.05) is 23.1 Å². The topological polar surface area (TPSA) is 45.5 Å². The number of guanidine groups is 1. The summed E-state index contributed by atoms with van der Waals surface area (Å²) in [6.07, 6.45) is 6.39. The summed E-state index contributed by atoms with van der Waals surface area (Å²) in [7, 11) is 0. The highest BCUT2D eigenvalue weighted by molar-refractivity contribution is 14.0. The first-order chi connectivity index (χ1) is 12.2. The zero-order valence-corrected chi connectivity index (χ0v) is 18.1. The van der Waals surface area contributed by atoms with Crippen molar-refractivity contribution < 1.29 is 0 Å². The van der Waals surface area contributed by atoms with E-state index in [9.17, 15) is 0 Å². The summed E-state index contributed by atoms with van der Waals surface area (Å²) < 4.78 is 1.95. The summed E-state index contributed by atoms with van der Waals surface area (Å²) in [5, 5.41) is 7.74. The predicted molar refractivity (Wildman–Crippen MR) is 118 cm³/mol. The fourth-order valence-corrected chi connectivity index (χ4v) is 3.38. The monoisotopic (exact) mass is 467 g/mol. The molecule has 1 aliphatic rings. The Hall–Kier alpha value is -1.57. The Bertz CT molecular complexity index is 683. The number of hydrogen-bond donors (Lipinski definition) is 1. The largest absolute Gasteiger partial charge is 0.357 e. The van der Waals surface area contributed by atoms with E-state index in [0.717, 1.165) is 38.1 Å². The van der Waals surface area contributed by atoms with Crippen LogP contribution in [0.1, 0.15) is 37.8 Å². The number of likely N-dealkylation sites (tertiary alicyclic amines) is 1. The van der Waals surface area contributed by atoms with Gasteiger partial charge in [-0.25, -0.2) is 4.99 Å². The smallest absolute Gasteiger partial charge is 0.194 e. The van der Waals surface area contributed by atoms with Gasteiger partial charge in [0, 0.05) is 32.0 Å². The second-order valence-corrected chi connectivity index (χ2v) is 6.89. The Morgan fingerprint density at radius 2 is 2.15 bits per heavy atom. The van der Waals surface area contributed by atoms with E-state index >= 15 is 0 Å². The molecule has 0 aliphatic carbocycles. The van der Waals surface area contributed by atoms with Gasteiger partial charge in [-0.1, -0.05) is 31.2 Å². The third kappa shape index (κ3) is 6.00. The number of hydrogen-bond acceptors (Lipinski definition) is 2. The number of nitrogens with zero attached hydrogens (tertiary/aromatic N) is 4. The molecular formula is C20H30IN5. The van der Waals surface area contributed by atoms with Crippen molar-refractivity contribution in [1.82, 2.24) is 20.0 Å². The van der Waals surface area contributed by atoms with Crippen LogP contribution in [0, 0.1) is 5.92 Å². The van der Waals surface area contributed by atoms with E-state index in [4.69, 9.17) is 4.99 Å². The predicted octanol–water partition coefficient (Wildman–Crippen LogP) is 3.75. The van der Waals surface area contributed by atoms with Crippen molar-refractivity contribution in [2.75, 3.05) is 19.6 Å². The number of halogens is 1. The molecule has 6 heteroatoms. The second-order valence-electron chi connectivity index (χ2n) is 6.89. The Balaban J connectivity index is 0.00000243. The molecule has 1 aliphatic heterocycles. The molecule has 5 nitrogen and oxygen atoms in total. The lowest BCUT2D eigenvalue weighted by molar-refractivity contribution is 0.266. The van der Waals surface area contributed by atoms with Crippen molar-refractivity contribution >= 4 is 29.9 Å². The first-order valence-electron chi connectivity index (χ1n) is 9.33. The Labute approximate surface area is 173 Å². The molecule has 1 aromatic carbocycles. The van der Waals surface area contributed by atoms with Crippen LogP contribution in [0.2, 0.25) is 0 Å². The minimum atomic E-state index is 0. The Morgan fingerprint density at radius 1 is 1.31 bits per heavy atom. The highest BCUT2D eigenvalue weighted by Gasteiger charge is 2.18. The number of rotatable bonds is 5. The van der Waals surface area contributed by atoms with Crippen LogP contribution in [0.4, 0.5) is 0 Å². The zero-order chi connectivity index (χ0) is 17.5. The van der Waals surface area contributed by atoms with Gasteiger partial charge in [-0.2, -0.15) is 5.10 Å². The lowest BCUT2D eigenvalue weighted by atomic mass is 10.0. The van der Waals surface area contributed by atoms with E-state index in [0.29, 0.717) is 6.54 Å². The van der Waals surface area contributed by atoms with Crippen molar-refractivity contribution in [3.05, 3.63) is 53.9 Å². The molecule has 1 fully saturated rings. The molecule has 1 atom stereocenters. The molecule has 2 heterocycles. The maximum atomic E-state index is 4.89. The molecule has 1 unspecified atom stereocenters. The van der Waals surface area contributed by atoms with Crippen LogP contribution in [0.3, 0.4) is 0 Å². The van der Waals surface area contributed by atoms with E-state index < -0.39 is 0 Å². The van der Waals surface area contributed by atoms with Crippen molar-refractivity contribution in [1.29, 1.82) is 0 Å². The van der Waals surface area contributed by atoms with E-state index in [1.165, 1.54) is 24.0 Å². The summed E-state index contributed by atoms with van der Waals surface area (Å²) in [4.78, 5) is 7.30. The van der Waals surface area contributed by atoms with Gasteiger partial charge in [0.05, 0.1) is 13.1 Å². The van der Waals surface area contributed by atoms with Crippen LogP contribution in [-0.4, -0.2) is 40.3 Å². The number of benzene rings is 1. The molecule has 1 saturated heterocycles. The molecular weight excluding hydrogens is 437 g/mol. The molecule has 1 N–H and O–H groups in total. The normalized spacial score (nSPS) is 17.7. The fraction of sp³-hybridized carbons (Fsp3) is 0.500.